The van der Waals surface area contributed by atoms with Crippen LogP contribution in [0.1, 0.15) is 25.8 Å². The van der Waals surface area contributed by atoms with Gasteiger partial charge in [-0.3, -0.25) is 19.4 Å². The van der Waals surface area contributed by atoms with Gasteiger partial charge >= 0.3 is 0 Å². The van der Waals surface area contributed by atoms with E-state index < -0.39 is 0 Å². The Kier molecular flexibility index (Phi) is 8.73. The predicted molar refractivity (Wildman–Crippen MR) is 110 cm³/mol. The zero-order chi connectivity index (χ0) is 20.5. The highest BCUT2D eigenvalue weighted by atomic mass is 16.5. The number of carbonyl (C=O) groups excluding carboxylic acids is 2. The number of carbonyl (C=O) groups is 2. The van der Waals surface area contributed by atoms with Crippen molar-refractivity contribution in [2.45, 2.75) is 32.9 Å². The van der Waals surface area contributed by atoms with Gasteiger partial charge in [0.05, 0.1) is 20.2 Å². The number of piperazine rings is 1. The van der Waals surface area contributed by atoms with E-state index in [1.165, 1.54) is 0 Å². The number of amides is 2. The summed E-state index contributed by atoms with van der Waals surface area (Å²) < 4.78 is 5.36. The molecule has 1 atom stereocenters. The van der Waals surface area contributed by atoms with E-state index in [1.807, 2.05) is 38.2 Å². The average Bonchev–Trinajstić information content (AvgIpc) is 2.69. The van der Waals surface area contributed by atoms with Gasteiger partial charge in [-0.25, -0.2) is 0 Å². The van der Waals surface area contributed by atoms with Crippen LogP contribution >= 0.6 is 0 Å². The molecule has 28 heavy (non-hydrogen) atoms. The van der Waals surface area contributed by atoms with Crippen LogP contribution in [0, 0.1) is 0 Å². The highest BCUT2D eigenvalue weighted by Crippen LogP contribution is 2.18. The first kappa shape index (κ1) is 22.2. The van der Waals surface area contributed by atoms with Crippen molar-refractivity contribution in [3.05, 3.63) is 29.8 Å². The van der Waals surface area contributed by atoms with Crippen LogP contribution in [0.5, 0.6) is 5.75 Å². The first-order valence-electron chi connectivity index (χ1n) is 10.0. The number of benzene rings is 1. The summed E-state index contributed by atoms with van der Waals surface area (Å²) in [5, 5.41) is 3.00. The second kappa shape index (κ2) is 11.0. The van der Waals surface area contributed by atoms with E-state index in [1.54, 1.807) is 12.0 Å². The molecule has 1 saturated heterocycles. The van der Waals surface area contributed by atoms with Crippen LogP contribution in [0.4, 0.5) is 0 Å². The van der Waals surface area contributed by atoms with Crippen molar-refractivity contribution >= 4 is 11.8 Å². The quantitative estimate of drug-likeness (QED) is 0.686. The molecule has 7 nitrogen and oxygen atoms in total. The molecule has 0 spiro atoms. The SMILES string of the molecule is CCC(C)NC(=O)CN1CCN(CC(=O)N(C)Cc2ccccc2OC)CC1. The number of likely N-dealkylation sites (N-methyl/N-ethyl adjacent to an activating group) is 1. The molecule has 1 N–H and O–H groups in total. The zero-order valence-corrected chi connectivity index (χ0v) is 17.6. The fraction of sp³-hybridized carbons (Fsp3) is 0.619. The molecule has 0 saturated carbocycles. The van der Waals surface area contributed by atoms with Crippen LogP contribution in [0.2, 0.25) is 0 Å². The van der Waals surface area contributed by atoms with Gasteiger partial charge in [0.2, 0.25) is 11.8 Å². The summed E-state index contributed by atoms with van der Waals surface area (Å²) in [6, 6.07) is 7.97. The van der Waals surface area contributed by atoms with Crippen molar-refractivity contribution in [1.82, 2.24) is 20.0 Å². The van der Waals surface area contributed by atoms with Crippen LogP contribution in [0.3, 0.4) is 0 Å². The smallest absolute Gasteiger partial charge is 0.236 e. The first-order chi connectivity index (χ1) is 13.4. The lowest BCUT2D eigenvalue weighted by atomic mass is 10.2. The van der Waals surface area contributed by atoms with Crippen LogP contribution in [0.25, 0.3) is 0 Å². The summed E-state index contributed by atoms with van der Waals surface area (Å²) in [5.74, 6) is 0.968. The molecule has 1 heterocycles. The Bertz CT molecular complexity index is 644. The molecule has 1 fully saturated rings. The third-order valence-electron chi connectivity index (χ3n) is 5.24. The molecule has 156 valence electrons. The van der Waals surface area contributed by atoms with Gasteiger partial charge in [0, 0.05) is 51.4 Å². The lowest BCUT2D eigenvalue weighted by molar-refractivity contribution is -0.132. The largest absolute Gasteiger partial charge is 0.496 e. The molecule has 0 aliphatic carbocycles. The van der Waals surface area contributed by atoms with Crippen molar-refractivity contribution in [3.8, 4) is 5.75 Å². The van der Waals surface area contributed by atoms with E-state index in [9.17, 15) is 9.59 Å². The topological polar surface area (TPSA) is 65.1 Å². The van der Waals surface area contributed by atoms with Crippen molar-refractivity contribution in [1.29, 1.82) is 0 Å². The number of methoxy groups -OCH3 is 1. The number of hydrogen-bond acceptors (Lipinski definition) is 5. The highest BCUT2D eigenvalue weighted by Gasteiger charge is 2.22. The Morgan fingerprint density at radius 2 is 1.75 bits per heavy atom. The predicted octanol–water partition coefficient (Wildman–Crippen LogP) is 1.19. The molecule has 0 aromatic heterocycles. The fourth-order valence-corrected chi connectivity index (χ4v) is 3.22. The number of ether oxygens (including phenoxy) is 1. The second-order valence-corrected chi connectivity index (χ2v) is 7.49. The lowest BCUT2D eigenvalue weighted by Crippen LogP contribution is -2.52. The zero-order valence-electron chi connectivity index (χ0n) is 17.6. The van der Waals surface area contributed by atoms with Crippen LogP contribution in [0.15, 0.2) is 24.3 Å². The summed E-state index contributed by atoms with van der Waals surface area (Å²) in [6.45, 7) is 8.64. The lowest BCUT2D eigenvalue weighted by Gasteiger charge is -2.34. The molecule has 2 amide bonds. The minimum Gasteiger partial charge on any atom is -0.496 e. The maximum Gasteiger partial charge on any atom is 0.236 e. The van der Waals surface area contributed by atoms with E-state index >= 15 is 0 Å². The Morgan fingerprint density at radius 1 is 1.14 bits per heavy atom. The maximum absolute atomic E-state index is 12.6. The van der Waals surface area contributed by atoms with Gasteiger partial charge in [0.1, 0.15) is 5.75 Å². The van der Waals surface area contributed by atoms with Crippen molar-refractivity contribution < 1.29 is 14.3 Å². The second-order valence-electron chi connectivity index (χ2n) is 7.49. The fourth-order valence-electron chi connectivity index (χ4n) is 3.22. The molecular weight excluding hydrogens is 356 g/mol. The monoisotopic (exact) mass is 390 g/mol. The minimum absolute atomic E-state index is 0.0791. The van der Waals surface area contributed by atoms with Crippen LogP contribution in [-0.4, -0.2) is 86.0 Å². The summed E-state index contributed by atoms with van der Waals surface area (Å²) in [5.41, 5.74) is 0.998. The molecule has 1 aromatic carbocycles. The normalized spacial score (nSPS) is 16.4. The molecule has 0 bridgehead atoms. The van der Waals surface area contributed by atoms with Crippen molar-refractivity contribution in [3.63, 3.8) is 0 Å². The van der Waals surface area contributed by atoms with E-state index in [2.05, 4.69) is 22.0 Å². The Labute approximate surface area is 168 Å². The number of para-hydroxylation sites is 1. The number of nitrogens with zero attached hydrogens (tertiary/aromatic N) is 3. The van der Waals surface area contributed by atoms with Crippen LogP contribution < -0.4 is 10.1 Å². The molecule has 2 rings (SSSR count). The van der Waals surface area contributed by atoms with Crippen molar-refractivity contribution in [2.24, 2.45) is 0 Å². The summed E-state index contributed by atoms with van der Waals surface area (Å²) in [6.07, 6.45) is 0.935. The molecular formula is C21H34N4O3. The Balaban J connectivity index is 1.74. The molecule has 1 unspecified atom stereocenters. The summed E-state index contributed by atoms with van der Waals surface area (Å²) >= 11 is 0. The van der Waals surface area contributed by atoms with Gasteiger partial charge in [0.25, 0.3) is 0 Å². The van der Waals surface area contributed by atoms with Gasteiger partial charge in [-0.05, 0) is 19.4 Å². The standard InChI is InChI=1S/C21H34N4O3/c1-5-17(2)22-20(26)15-24-10-12-25(13-11-24)16-21(27)23(3)14-18-8-6-7-9-19(18)28-4/h6-9,17H,5,10-16H2,1-4H3,(H,22,26). The van der Waals surface area contributed by atoms with E-state index in [0.29, 0.717) is 19.6 Å². The Hall–Kier alpha value is -2.12. The van der Waals surface area contributed by atoms with Gasteiger partial charge < -0.3 is 15.0 Å². The average molecular weight is 391 g/mol. The van der Waals surface area contributed by atoms with Crippen molar-refractivity contribution in [2.75, 3.05) is 53.4 Å². The minimum atomic E-state index is 0.0791. The third-order valence-corrected chi connectivity index (χ3v) is 5.24. The molecule has 1 aromatic rings. The van der Waals surface area contributed by atoms with E-state index in [4.69, 9.17) is 4.74 Å². The summed E-state index contributed by atoms with van der Waals surface area (Å²) in [4.78, 5) is 30.7. The van der Waals surface area contributed by atoms with Gasteiger partial charge in [-0.1, -0.05) is 25.1 Å². The summed E-state index contributed by atoms with van der Waals surface area (Å²) in [7, 11) is 3.47. The maximum atomic E-state index is 12.6. The molecule has 1 aliphatic heterocycles. The van der Waals surface area contributed by atoms with Gasteiger partial charge in [-0.15, -0.1) is 0 Å². The number of rotatable bonds is 9. The Morgan fingerprint density at radius 3 is 2.36 bits per heavy atom. The number of nitrogens with one attached hydrogen (secondary N) is 1. The number of hydrogen-bond donors (Lipinski definition) is 1. The van der Waals surface area contributed by atoms with E-state index in [-0.39, 0.29) is 17.9 Å². The van der Waals surface area contributed by atoms with Gasteiger partial charge in [-0.2, -0.15) is 0 Å². The molecule has 0 radical (unpaired) electrons. The van der Waals surface area contributed by atoms with Gasteiger partial charge in [0.15, 0.2) is 0 Å². The first-order valence-corrected chi connectivity index (χ1v) is 10.0. The molecule has 7 heteroatoms. The highest BCUT2D eigenvalue weighted by molar-refractivity contribution is 5.78. The van der Waals surface area contributed by atoms with E-state index in [0.717, 1.165) is 43.9 Å². The molecule has 1 aliphatic rings. The van der Waals surface area contributed by atoms with Crippen LogP contribution in [-0.2, 0) is 16.1 Å². The third kappa shape index (κ3) is 6.80.